The predicted molar refractivity (Wildman–Crippen MR) is 82.3 cm³/mol. The van der Waals surface area contributed by atoms with E-state index in [4.69, 9.17) is 9.79 Å². The van der Waals surface area contributed by atoms with Crippen LogP contribution in [0.5, 0.6) is 0 Å². The molecule has 0 aromatic rings. The Labute approximate surface area is 147 Å². The van der Waals surface area contributed by atoms with Crippen molar-refractivity contribution in [2.75, 3.05) is 12.3 Å². The summed E-state index contributed by atoms with van der Waals surface area (Å²) >= 11 is 0. The molecule has 0 aliphatic carbocycles. The van der Waals surface area contributed by atoms with E-state index in [1.807, 2.05) is 0 Å². The lowest BCUT2D eigenvalue weighted by molar-refractivity contribution is -0.336. The maximum Gasteiger partial charge on any atom is 0.231 e. The minimum absolute atomic E-state index is 0.860. The van der Waals surface area contributed by atoms with Crippen molar-refractivity contribution in [1.29, 1.82) is 0 Å². The fourth-order valence-corrected chi connectivity index (χ4v) is 2.93. The lowest BCUT2D eigenvalue weighted by atomic mass is 9.90. The molecule has 26 heavy (non-hydrogen) atoms. The van der Waals surface area contributed by atoms with Crippen molar-refractivity contribution in [1.82, 2.24) is 10.6 Å². The maximum absolute atomic E-state index is 11.6. The van der Waals surface area contributed by atoms with Crippen molar-refractivity contribution >= 4 is 27.9 Å². The molecule has 1 aliphatic rings. The molecule has 1 saturated heterocycles. The Morgan fingerprint density at radius 2 is 1.54 bits per heavy atom. The van der Waals surface area contributed by atoms with E-state index < -0.39 is 76.7 Å². The largest absolute Gasteiger partial charge is 0.385 e. The lowest BCUT2D eigenvalue weighted by Gasteiger charge is -2.47. The highest BCUT2D eigenvalue weighted by Crippen LogP contribution is 2.29. The van der Waals surface area contributed by atoms with Gasteiger partial charge < -0.3 is 50.7 Å². The third-order valence-electron chi connectivity index (χ3n) is 3.36. The lowest BCUT2D eigenvalue weighted by Crippen LogP contribution is -2.76. The predicted octanol–water partition coefficient (Wildman–Crippen LogP) is -5.40. The van der Waals surface area contributed by atoms with Crippen LogP contribution in [0, 0.1) is 0 Å². The molecule has 8 atom stereocenters. The Morgan fingerprint density at radius 1 is 1.04 bits per heavy atom. The highest BCUT2D eigenvalue weighted by molar-refractivity contribution is 7.39. The van der Waals surface area contributed by atoms with Crippen molar-refractivity contribution in [3.63, 3.8) is 0 Å². The van der Waals surface area contributed by atoms with Crippen LogP contribution in [-0.4, -0.2) is 96.0 Å². The van der Waals surface area contributed by atoms with Crippen LogP contribution in [0.25, 0.3) is 0 Å². The van der Waals surface area contributed by atoms with Crippen LogP contribution >= 0.6 is 16.1 Å². The zero-order valence-electron chi connectivity index (χ0n) is 13.0. The van der Waals surface area contributed by atoms with Crippen LogP contribution in [0.4, 0.5) is 0 Å². The maximum atomic E-state index is 11.6. The van der Waals surface area contributed by atoms with Gasteiger partial charge in [-0.05, 0) is 0 Å². The molecular formula is C10H20N2O12P2. The van der Waals surface area contributed by atoms with Gasteiger partial charge in [0.1, 0.15) is 24.5 Å². The van der Waals surface area contributed by atoms with E-state index in [1.54, 1.807) is 10.6 Å². The Kier molecular flexibility index (Phi) is 8.30. The van der Waals surface area contributed by atoms with E-state index in [0.717, 1.165) is 0 Å². The van der Waals surface area contributed by atoms with E-state index in [2.05, 4.69) is 4.74 Å². The first-order chi connectivity index (χ1) is 11.9. The number of carbonyl (C=O) groups excluding carboxylic acids is 2. The average molecular weight is 422 g/mol. The summed E-state index contributed by atoms with van der Waals surface area (Å²) < 4.78 is 26.0. The van der Waals surface area contributed by atoms with Gasteiger partial charge in [0.05, 0.1) is 0 Å². The SMILES string of the molecule is O=C(C[PH](=O)O)NC(O)[C@H]1O[C@H](O)[C@@H](O)[C@](O)(NC(=O)C[PH](=O)O)[C@@H]1O. The average Bonchev–Trinajstić information content (AvgIpc) is 2.47. The molecule has 3 unspecified atom stereocenters. The van der Waals surface area contributed by atoms with E-state index in [9.17, 15) is 44.3 Å². The summed E-state index contributed by atoms with van der Waals surface area (Å²) in [6.45, 7) is 0. The molecule has 1 rings (SSSR count). The first-order valence-electron chi connectivity index (χ1n) is 7.02. The van der Waals surface area contributed by atoms with Gasteiger partial charge in [-0.25, -0.2) is 0 Å². The summed E-state index contributed by atoms with van der Waals surface area (Å²) in [6, 6.07) is 0. The fraction of sp³-hybridized carbons (Fsp3) is 0.800. The molecule has 0 aromatic heterocycles. The molecule has 1 aliphatic heterocycles. The van der Waals surface area contributed by atoms with Gasteiger partial charge in [0.25, 0.3) is 0 Å². The number of aliphatic hydroxyl groups is 5. The number of nitrogens with one attached hydrogen (secondary N) is 2. The summed E-state index contributed by atoms with van der Waals surface area (Å²) in [5, 5.41) is 53.1. The van der Waals surface area contributed by atoms with Crippen LogP contribution in [0.15, 0.2) is 0 Å². The second-order valence-electron chi connectivity index (χ2n) is 5.41. The molecule has 14 nitrogen and oxygen atoms in total. The van der Waals surface area contributed by atoms with Gasteiger partial charge in [-0.3, -0.25) is 18.7 Å². The molecule has 1 heterocycles. The fourth-order valence-electron chi connectivity index (χ4n) is 2.19. The molecule has 152 valence electrons. The Hall–Kier alpha value is -0.920. The number of rotatable bonds is 7. The van der Waals surface area contributed by atoms with Crippen LogP contribution in [-0.2, 0) is 23.5 Å². The molecule has 2 amide bonds. The number of hydrogen-bond donors (Lipinski definition) is 9. The van der Waals surface area contributed by atoms with Crippen LogP contribution < -0.4 is 10.6 Å². The number of ether oxygens (including phenoxy) is 1. The van der Waals surface area contributed by atoms with Crippen molar-refractivity contribution in [3.8, 4) is 0 Å². The standard InChI is InChI=1S/C10H20N2O12P2/c13-3(1-25(20)21)11-8(17)5-6(15)10(19,7(16)9(18)24-5)12-4(14)2-26(22)23/h5-9,15-19,25-26H,1-2H2,(H,11,13)(H,12,14)(H,20,21)(H,22,23)/t5-,6+,7+,8?,9-,10-/m0/s1. The Bertz CT molecular complexity index is 590. The number of amides is 2. The third kappa shape index (κ3) is 5.79. The second kappa shape index (κ2) is 9.33. The molecule has 0 spiro atoms. The number of carbonyl (C=O) groups is 2. The first-order valence-corrected chi connectivity index (χ1v) is 10.1. The Morgan fingerprint density at radius 3 is 2.04 bits per heavy atom. The molecule has 0 aromatic carbocycles. The molecule has 0 radical (unpaired) electrons. The smallest absolute Gasteiger partial charge is 0.231 e. The number of aliphatic hydroxyl groups excluding tert-OH is 4. The molecule has 1 fully saturated rings. The van der Waals surface area contributed by atoms with Crippen molar-refractivity contribution in [2.24, 2.45) is 0 Å². The molecule has 16 heteroatoms. The van der Waals surface area contributed by atoms with Crippen LogP contribution in [0.2, 0.25) is 0 Å². The molecule has 9 N–H and O–H groups in total. The van der Waals surface area contributed by atoms with Crippen LogP contribution in [0.3, 0.4) is 0 Å². The number of hydrogen-bond acceptors (Lipinski definition) is 10. The van der Waals surface area contributed by atoms with E-state index in [1.165, 1.54) is 0 Å². The molecule has 0 saturated carbocycles. The summed E-state index contributed by atoms with van der Waals surface area (Å²) in [4.78, 5) is 40.3. The highest BCUT2D eigenvalue weighted by Gasteiger charge is 2.57. The van der Waals surface area contributed by atoms with E-state index in [0.29, 0.717) is 0 Å². The minimum Gasteiger partial charge on any atom is -0.385 e. The van der Waals surface area contributed by atoms with Crippen molar-refractivity contribution < 1.29 is 58.8 Å². The van der Waals surface area contributed by atoms with Gasteiger partial charge >= 0.3 is 0 Å². The summed E-state index contributed by atoms with van der Waals surface area (Å²) in [7, 11) is -6.52. The van der Waals surface area contributed by atoms with Crippen molar-refractivity contribution in [3.05, 3.63) is 0 Å². The van der Waals surface area contributed by atoms with Gasteiger partial charge in [-0.2, -0.15) is 0 Å². The molecular weight excluding hydrogens is 402 g/mol. The molecule has 0 bridgehead atoms. The van der Waals surface area contributed by atoms with Gasteiger partial charge in [-0.15, -0.1) is 0 Å². The van der Waals surface area contributed by atoms with Gasteiger partial charge in [0.15, 0.2) is 40.4 Å². The second-order valence-corrected chi connectivity index (χ2v) is 7.69. The quantitative estimate of drug-likeness (QED) is 0.138. The zero-order valence-corrected chi connectivity index (χ0v) is 15.0. The van der Waals surface area contributed by atoms with Gasteiger partial charge in [0.2, 0.25) is 11.8 Å². The van der Waals surface area contributed by atoms with Gasteiger partial charge in [0, 0.05) is 0 Å². The third-order valence-corrected chi connectivity index (χ3v) is 4.61. The zero-order chi connectivity index (χ0) is 20.2. The van der Waals surface area contributed by atoms with Crippen molar-refractivity contribution in [2.45, 2.75) is 36.6 Å². The van der Waals surface area contributed by atoms with E-state index >= 15 is 0 Å². The summed E-state index contributed by atoms with van der Waals surface area (Å²) in [6.07, 6.45) is -12.8. The Balaban J connectivity index is 2.95. The topological polar surface area (TPSA) is 243 Å². The van der Waals surface area contributed by atoms with E-state index in [-0.39, 0.29) is 0 Å². The highest BCUT2D eigenvalue weighted by atomic mass is 31.1. The monoisotopic (exact) mass is 422 g/mol. The minimum atomic E-state index is -3.30. The summed E-state index contributed by atoms with van der Waals surface area (Å²) in [5.41, 5.74) is -3.01. The van der Waals surface area contributed by atoms with Gasteiger partial charge in [-0.1, -0.05) is 0 Å². The first kappa shape index (κ1) is 23.1. The van der Waals surface area contributed by atoms with Crippen LogP contribution in [0.1, 0.15) is 0 Å². The summed E-state index contributed by atoms with van der Waals surface area (Å²) in [5.74, 6) is -2.38. The normalized spacial score (nSPS) is 35.2.